The van der Waals surface area contributed by atoms with E-state index >= 15 is 0 Å². The quantitative estimate of drug-likeness (QED) is 0.167. The summed E-state index contributed by atoms with van der Waals surface area (Å²) >= 11 is 0. The van der Waals surface area contributed by atoms with Crippen molar-refractivity contribution in [1.82, 2.24) is 29.7 Å². The van der Waals surface area contributed by atoms with Crippen LogP contribution in [0.25, 0.3) is 11.2 Å². The summed E-state index contributed by atoms with van der Waals surface area (Å²) in [6.45, 7) is 6.92. The fraction of sp³-hybridized carbons (Fsp3) is 0.611. The number of esters is 2. The number of hydrogen-bond acceptors (Lipinski definition) is 10. The number of nitrogen functional groups attached to an aromatic ring is 1. The number of rotatable bonds is 13. The standard InChI is InChI=1S/C18H30N7O7P/c1-5-31-16(27)11(3)23-33(29,24-12(4)17(28)32-6-2)10-30-8-7-25-9-20-13-14(25)21-18(19)22-15(13)26/h9,11-12H,5-8,10H2,1-4H3,(H2,23,24,29)(H3,19,21,22,26)/t11-,12+,33?. The summed E-state index contributed by atoms with van der Waals surface area (Å²) in [7, 11) is -3.60. The van der Waals surface area contributed by atoms with E-state index in [1.807, 2.05) is 0 Å². The topological polar surface area (TPSA) is 193 Å². The molecular formula is C18H30N7O7P. The number of fused-ring (bicyclic) bond motifs is 1. The molecule has 184 valence electrons. The summed E-state index contributed by atoms with van der Waals surface area (Å²) in [5.74, 6) is -1.24. The molecule has 0 bridgehead atoms. The molecule has 0 fully saturated rings. The number of nitrogens with one attached hydrogen (secondary N) is 3. The average Bonchev–Trinajstić information content (AvgIpc) is 3.14. The molecule has 0 amide bonds. The maximum atomic E-state index is 13.5. The number of anilines is 1. The fourth-order valence-corrected chi connectivity index (χ4v) is 4.94. The molecule has 0 saturated heterocycles. The Balaban J connectivity index is 2.06. The van der Waals surface area contributed by atoms with Crippen LogP contribution in [0.3, 0.4) is 0 Å². The maximum Gasteiger partial charge on any atom is 0.323 e. The summed E-state index contributed by atoms with van der Waals surface area (Å²) in [5, 5.41) is 5.38. The third-order valence-corrected chi connectivity index (χ3v) is 6.48. The van der Waals surface area contributed by atoms with Crippen LogP contribution >= 0.6 is 7.44 Å². The van der Waals surface area contributed by atoms with Gasteiger partial charge >= 0.3 is 11.9 Å². The first-order chi connectivity index (χ1) is 15.6. The lowest BCUT2D eigenvalue weighted by Crippen LogP contribution is -2.42. The molecule has 2 aromatic heterocycles. The number of carbonyl (C=O) groups is 2. The van der Waals surface area contributed by atoms with Crippen molar-refractivity contribution in [3.63, 3.8) is 0 Å². The normalized spacial score (nSPS) is 15.0. The SMILES string of the molecule is CCOC(=O)[C@H](C)NP(=O)(COCCn1cnc2c(=O)[nH]c(N)nc21)N[C@H](C)C(=O)OCC. The van der Waals surface area contributed by atoms with Crippen LogP contribution in [-0.2, 0) is 34.9 Å². The van der Waals surface area contributed by atoms with Gasteiger partial charge in [0.05, 0.1) is 26.1 Å². The lowest BCUT2D eigenvalue weighted by Gasteiger charge is -2.26. The molecule has 0 aromatic carbocycles. The Bertz CT molecular complexity index is 1040. The van der Waals surface area contributed by atoms with Gasteiger partial charge in [0.2, 0.25) is 13.4 Å². The molecule has 5 N–H and O–H groups in total. The van der Waals surface area contributed by atoms with Gasteiger partial charge in [-0.1, -0.05) is 0 Å². The Morgan fingerprint density at radius 1 is 1.18 bits per heavy atom. The molecule has 0 radical (unpaired) electrons. The Kier molecular flexibility index (Phi) is 9.53. The Labute approximate surface area is 190 Å². The minimum absolute atomic E-state index is 0.0472. The molecule has 1 unspecified atom stereocenters. The highest BCUT2D eigenvalue weighted by Crippen LogP contribution is 2.37. The van der Waals surface area contributed by atoms with E-state index in [1.54, 1.807) is 18.4 Å². The van der Waals surface area contributed by atoms with Gasteiger partial charge in [-0.25, -0.2) is 15.2 Å². The first kappa shape index (κ1) is 26.5. The van der Waals surface area contributed by atoms with Crippen LogP contribution in [-0.4, -0.2) is 69.7 Å². The minimum atomic E-state index is -3.60. The van der Waals surface area contributed by atoms with Crippen LogP contribution in [0.2, 0.25) is 0 Å². The summed E-state index contributed by atoms with van der Waals surface area (Å²) in [4.78, 5) is 46.3. The van der Waals surface area contributed by atoms with Gasteiger partial charge in [-0.05, 0) is 27.7 Å². The van der Waals surface area contributed by atoms with E-state index in [0.29, 0.717) is 0 Å². The van der Waals surface area contributed by atoms with Crippen molar-refractivity contribution >= 4 is 36.5 Å². The Morgan fingerprint density at radius 2 is 1.76 bits per heavy atom. The summed E-state index contributed by atoms with van der Waals surface area (Å²) in [5.41, 5.74) is 5.53. The number of carbonyl (C=O) groups excluding carboxylic acids is 2. The monoisotopic (exact) mass is 487 g/mol. The van der Waals surface area contributed by atoms with Gasteiger partial charge < -0.3 is 24.5 Å². The first-order valence-electron chi connectivity index (χ1n) is 10.4. The first-order valence-corrected chi connectivity index (χ1v) is 12.3. The predicted octanol–water partition coefficient (Wildman–Crippen LogP) is -0.0486. The zero-order valence-corrected chi connectivity index (χ0v) is 19.9. The van der Waals surface area contributed by atoms with Gasteiger partial charge in [0.15, 0.2) is 11.2 Å². The van der Waals surface area contributed by atoms with Crippen molar-refractivity contribution in [2.75, 3.05) is 31.9 Å². The average molecular weight is 487 g/mol. The highest BCUT2D eigenvalue weighted by Gasteiger charge is 2.32. The lowest BCUT2D eigenvalue weighted by atomic mass is 10.4. The largest absolute Gasteiger partial charge is 0.465 e. The van der Waals surface area contributed by atoms with Gasteiger partial charge in [0, 0.05) is 6.54 Å². The number of aromatic amines is 1. The number of nitrogens with zero attached hydrogens (tertiary/aromatic N) is 3. The van der Waals surface area contributed by atoms with Gasteiger partial charge in [-0.3, -0.25) is 23.9 Å². The minimum Gasteiger partial charge on any atom is -0.465 e. The van der Waals surface area contributed by atoms with E-state index in [4.69, 9.17) is 19.9 Å². The van der Waals surface area contributed by atoms with Crippen molar-refractivity contribution in [3.05, 3.63) is 16.7 Å². The zero-order chi connectivity index (χ0) is 24.6. The second-order valence-electron chi connectivity index (χ2n) is 7.04. The van der Waals surface area contributed by atoms with Crippen LogP contribution in [0.5, 0.6) is 0 Å². The predicted molar refractivity (Wildman–Crippen MR) is 119 cm³/mol. The number of aromatic nitrogens is 4. The van der Waals surface area contributed by atoms with Crippen molar-refractivity contribution in [1.29, 1.82) is 0 Å². The van der Waals surface area contributed by atoms with Crippen LogP contribution in [0.4, 0.5) is 5.95 Å². The number of hydrogen-bond donors (Lipinski definition) is 4. The molecule has 0 aliphatic heterocycles. The van der Waals surface area contributed by atoms with Crippen LogP contribution in [0.1, 0.15) is 27.7 Å². The van der Waals surface area contributed by atoms with E-state index in [-0.39, 0.29) is 49.8 Å². The molecule has 0 aliphatic carbocycles. The zero-order valence-electron chi connectivity index (χ0n) is 19.0. The third kappa shape index (κ3) is 7.35. The van der Waals surface area contributed by atoms with E-state index < -0.39 is 37.0 Å². The summed E-state index contributed by atoms with van der Waals surface area (Å²) in [6, 6.07) is -1.84. The molecule has 2 rings (SSSR count). The number of imidazole rings is 1. The lowest BCUT2D eigenvalue weighted by molar-refractivity contribution is -0.145. The van der Waals surface area contributed by atoms with E-state index in [2.05, 4.69) is 25.1 Å². The molecule has 2 aromatic rings. The molecule has 2 heterocycles. The molecule has 15 heteroatoms. The maximum absolute atomic E-state index is 13.5. The second kappa shape index (κ2) is 11.9. The van der Waals surface area contributed by atoms with E-state index in [1.165, 1.54) is 20.2 Å². The van der Waals surface area contributed by atoms with Crippen molar-refractivity contribution in [3.8, 4) is 0 Å². The molecule has 0 aliphatic rings. The van der Waals surface area contributed by atoms with E-state index in [0.717, 1.165) is 0 Å². The van der Waals surface area contributed by atoms with Crippen molar-refractivity contribution < 1.29 is 28.4 Å². The number of nitrogens with two attached hydrogens (primary N) is 1. The van der Waals surface area contributed by atoms with Gasteiger partial charge in [-0.2, -0.15) is 4.98 Å². The molecule has 14 nitrogen and oxygen atoms in total. The summed E-state index contributed by atoms with van der Waals surface area (Å²) in [6.07, 6.45) is 1.07. The summed E-state index contributed by atoms with van der Waals surface area (Å²) < 4.78 is 30.5. The Morgan fingerprint density at radius 3 is 2.30 bits per heavy atom. The van der Waals surface area contributed by atoms with Gasteiger partial charge in [0.1, 0.15) is 18.4 Å². The van der Waals surface area contributed by atoms with Crippen LogP contribution in [0.15, 0.2) is 11.1 Å². The fourth-order valence-electron chi connectivity index (χ4n) is 2.87. The number of H-pyrrole nitrogens is 1. The third-order valence-electron chi connectivity index (χ3n) is 4.33. The van der Waals surface area contributed by atoms with Crippen molar-refractivity contribution in [2.24, 2.45) is 0 Å². The van der Waals surface area contributed by atoms with E-state index in [9.17, 15) is 18.9 Å². The van der Waals surface area contributed by atoms with Crippen LogP contribution < -0.4 is 21.5 Å². The highest BCUT2D eigenvalue weighted by molar-refractivity contribution is 7.59. The molecule has 0 spiro atoms. The molecule has 0 saturated carbocycles. The smallest absolute Gasteiger partial charge is 0.323 e. The number of ether oxygens (including phenoxy) is 3. The highest BCUT2D eigenvalue weighted by atomic mass is 31.2. The Hall–Kier alpha value is -2.80. The molecular weight excluding hydrogens is 457 g/mol. The van der Waals surface area contributed by atoms with Crippen molar-refractivity contribution in [2.45, 2.75) is 46.3 Å². The van der Waals surface area contributed by atoms with Gasteiger partial charge in [-0.15, -0.1) is 0 Å². The van der Waals surface area contributed by atoms with Crippen LogP contribution in [0, 0.1) is 0 Å². The molecule has 3 atom stereocenters. The second-order valence-corrected chi connectivity index (χ2v) is 9.30. The molecule has 33 heavy (non-hydrogen) atoms. The van der Waals surface area contributed by atoms with Gasteiger partial charge in [0.25, 0.3) is 5.56 Å².